The van der Waals surface area contributed by atoms with E-state index in [1.165, 1.54) is 29.5 Å². The molecule has 1 atom stereocenters. The molecule has 178 valence electrons. The molecule has 1 heterocycles. The van der Waals surface area contributed by atoms with Gasteiger partial charge in [0.1, 0.15) is 0 Å². The number of sulfonamides is 1. The monoisotopic (exact) mass is 532 g/mol. The van der Waals surface area contributed by atoms with Crippen LogP contribution in [0, 0.1) is 5.92 Å². The zero-order valence-corrected chi connectivity index (χ0v) is 21.6. The molecule has 0 spiro atoms. The summed E-state index contributed by atoms with van der Waals surface area (Å²) in [6.07, 6.45) is 6.74. The fraction of sp³-hybridized carbons (Fsp3) is 0.500. The van der Waals surface area contributed by atoms with Gasteiger partial charge in [0.25, 0.3) is 0 Å². The highest BCUT2D eigenvalue weighted by molar-refractivity contribution is 9.10. The summed E-state index contributed by atoms with van der Waals surface area (Å²) in [4.78, 5) is 13.0. The molecule has 2 aromatic carbocycles. The molecule has 1 aliphatic heterocycles. The zero-order chi connectivity index (χ0) is 23.4. The van der Waals surface area contributed by atoms with Gasteiger partial charge in [0.05, 0.1) is 11.8 Å². The number of rotatable bonds is 7. The Balaban J connectivity index is 1.33. The van der Waals surface area contributed by atoms with Crippen molar-refractivity contribution < 1.29 is 13.2 Å². The maximum Gasteiger partial charge on any atom is 0.223 e. The Kier molecular flexibility index (Phi) is 7.92. The number of aryl methyl sites for hydroxylation is 2. The quantitative estimate of drug-likeness (QED) is 0.536. The van der Waals surface area contributed by atoms with Gasteiger partial charge in [-0.1, -0.05) is 53.2 Å². The number of carbonyl (C=O) groups excluding carboxylic acids is 1. The van der Waals surface area contributed by atoms with Gasteiger partial charge in [-0.25, -0.2) is 12.7 Å². The number of benzene rings is 2. The normalized spacial score (nSPS) is 18.5. The van der Waals surface area contributed by atoms with E-state index >= 15 is 0 Å². The predicted molar refractivity (Wildman–Crippen MR) is 135 cm³/mol. The number of piperidine rings is 1. The SMILES string of the molecule is CC[C@H](NC(=O)C1CCN(S(=O)(=O)Cc2ccc(Br)cc2)CC1)c1ccc2c(c1)CCCC2. The van der Waals surface area contributed by atoms with Gasteiger partial charge in [0.15, 0.2) is 0 Å². The number of nitrogens with one attached hydrogen (secondary N) is 1. The van der Waals surface area contributed by atoms with Gasteiger partial charge < -0.3 is 5.32 Å². The van der Waals surface area contributed by atoms with E-state index in [0.717, 1.165) is 29.3 Å². The van der Waals surface area contributed by atoms with Crippen molar-refractivity contribution in [3.8, 4) is 0 Å². The molecule has 7 heteroatoms. The second-order valence-corrected chi connectivity index (χ2v) is 12.1. The molecule has 1 amide bonds. The summed E-state index contributed by atoms with van der Waals surface area (Å²) < 4.78 is 28.2. The van der Waals surface area contributed by atoms with Gasteiger partial charge in [-0.15, -0.1) is 0 Å². The van der Waals surface area contributed by atoms with E-state index < -0.39 is 10.0 Å². The minimum Gasteiger partial charge on any atom is -0.349 e. The molecule has 0 bridgehead atoms. The lowest BCUT2D eigenvalue weighted by atomic mass is 9.88. The number of amides is 1. The summed E-state index contributed by atoms with van der Waals surface area (Å²) >= 11 is 3.38. The van der Waals surface area contributed by atoms with Crippen LogP contribution >= 0.6 is 15.9 Å². The summed E-state index contributed by atoms with van der Waals surface area (Å²) in [5.41, 5.74) is 4.83. The molecule has 33 heavy (non-hydrogen) atoms. The van der Waals surface area contributed by atoms with E-state index in [9.17, 15) is 13.2 Å². The van der Waals surface area contributed by atoms with Crippen molar-refractivity contribution in [3.63, 3.8) is 0 Å². The van der Waals surface area contributed by atoms with Gasteiger partial charge in [-0.3, -0.25) is 4.79 Å². The highest BCUT2D eigenvalue weighted by Gasteiger charge is 2.32. The molecule has 2 aliphatic rings. The molecule has 1 fully saturated rings. The molecular formula is C26H33BrN2O3S. The first-order chi connectivity index (χ1) is 15.9. The molecule has 0 radical (unpaired) electrons. The van der Waals surface area contributed by atoms with Crippen molar-refractivity contribution in [3.05, 3.63) is 69.2 Å². The van der Waals surface area contributed by atoms with Crippen molar-refractivity contribution in [2.24, 2.45) is 5.92 Å². The second kappa shape index (κ2) is 10.7. The number of carbonyl (C=O) groups is 1. The fourth-order valence-electron chi connectivity index (χ4n) is 4.96. The lowest BCUT2D eigenvalue weighted by molar-refractivity contribution is -0.126. The predicted octanol–water partition coefficient (Wildman–Crippen LogP) is 5.14. The summed E-state index contributed by atoms with van der Waals surface area (Å²) in [6, 6.07) is 14.0. The van der Waals surface area contributed by atoms with Gasteiger partial charge in [-0.2, -0.15) is 0 Å². The summed E-state index contributed by atoms with van der Waals surface area (Å²) in [6.45, 7) is 2.89. The molecule has 0 unspecified atom stereocenters. The third-order valence-corrected chi connectivity index (χ3v) is 9.36. The number of nitrogens with zero attached hydrogens (tertiary/aromatic N) is 1. The number of hydrogen-bond donors (Lipinski definition) is 1. The largest absolute Gasteiger partial charge is 0.349 e. The van der Waals surface area contributed by atoms with Crippen LogP contribution in [0.3, 0.4) is 0 Å². The highest BCUT2D eigenvalue weighted by Crippen LogP contribution is 2.28. The molecule has 1 saturated heterocycles. The number of hydrogen-bond acceptors (Lipinski definition) is 3. The Morgan fingerprint density at radius 1 is 1.06 bits per heavy atom. The third-order valence-electron chi connectivity index (χ3n) is 6.98. The topological polar surface area (TPSA) is 66.5 Å². The maximum absolute atomic E-state index is 13.0. The van der Waals surface area contributed by atoms with Crippen LogP contribution in [0.15, 0.2) is 46.9 Å². The van der Waals surface area contributed by atoms with E-state index in [-0.39, 0.29) is 23.6 Å². The first-order valence-electron chi connectivity index (χ1n) is 12.0. The Morgan fingerprint density at radius 2 is 1.73 bits per heavy atom. The Labute approximate surface area is 206 Å². The van der Waals surface area contributed by atoms with Crippen LogP contribution in [-0.2, 0) is 33.4 Å². The van der Waals surface area contributed by atoms with Crippen LogP contribution in [0.2, 0.25) is 0 Å². The summed E-state index contributed by atoms with van der Waals surface area (Å²) in [7, 11) is -3.39. The van der Waals surface area contributed by atoms with Crippen molar-refractivity contribution in [2.45, 2.75) is 63.7 Å². The lowest BCUT2D eigenvalue weighted by Crippen LogP contribution is -2.44. The summed E-state index contributed by atoms with van der Waals surface area (Å²) in [5.74, 6) is -0.103. The smallest absolute Gasteiger partial charge is 0.223 e. The lowest BCUT2D eigenvalue weighted by Gasteiger charge is -2.31. The van der Waals surface area contributed by atoms with Gasteiger partial charge in [-0.05, 0) is 79.3 Å². The van der Waals surface area contributed by atoms with E-state index in [1.807, 2.05) is 24.3 Å². The van der Waals surface area contributed by atoms with Crippen molar-refractivity contribution in [1.82, 2.24) is 9.62 Å². The average molecular weight is 534 g/mol. The number of halogens is 1. The Bertz CT molecular complexity index is 1080. The first kappa shape index (κ1) is 24.4. The van der Waals surface area contributed by atoms with Crippen molar-refractivity contribution in [1.29, 1.82) is 0 Å². The van der Waals surface area contributed by atoms with E-state index in [0.29, 0.717) is 25.9 Å². The van der Waals surface area contributed by atoms with Crippen molar-refractivity contribution >= 4 is 31.9 Å². The van der Waals surface area contributed by atoms with Crippen LogP contribution in [0.5, 0.6) is 0 Å². The maximum atomic E-state index is 13.0. The third kappa shape index (κ3) is 6.06. The summed E-state index contributed by atoms with van der Waals surface area (Å²) in [5, 5.41) is 3.25. The highest BCUT2D eigenvalue weighted by atomic mass is 79.9. The molecule has 2 aromatic rings. The van der Waals surface area contributed by atoms with Gasteiger partial charge in [0.2, 0.25) is 15.9 Å². The standard InChI is InChI=1S/C26H33BrN2O3S/c1-2-25(23-10-9-20-5-3-4-6-22(20)17-23)28-26(30)21-13-15-29(16-14-21)33(31,32)18-19-7-11-24(27)12-8-19/h7-12,17,21,25H,2-6,13-16,18H2,1H3,(H,28,30)/t25-/m0/s1. The van der Waals surface area contributed by atoms with Crippen LogP contribution < -0.4 is 5.32 Å². The van der Waals surface area contributed by atoms with Crippen molar-refractivity contribution in [2.75, 3.05) is 13.1 Å². The van der Waals surface area contributed by atoms with E-state index in [1.54, 1.807) is 4.31 Å². The fourth-order valence-corrected chi connectivity index (χ4v) is 6.79. The minimum atomic E-state index is -3.39. The molecule has 1 aliphatic carbocycles. The average Bonchev–Trinajstić information content (AvgIpc) is 2.83. The molecule has 5 nitrogen and oxygen atoms in total. The van der Waals surface area contributed by atoms with Crippen LogP contribution in [0.4, 0.5) is 0 Å². The van der Waals surface area contributed by atoms with Crippen LogP contribution in [0.1, 0.15) is 67.3 Å². The Morgan fingerprint density at radius 3 is 2.39 bits per heavy atom. The molecular weight excluding hydrogens is 500 g/mol. The minimum absolute atomic E-state index is 0.00361. The molecule has 1 N–H and O–H groups in total. The van der Waals surface area contributed by atoms with Gasteiger partial charge in [0, 0.05) is 23.5 Å². The molecule has 4 rings (SSSR count). The molecule has 0 aromatic heterocycles. The van der Waals surface area contributed by atoms with E-state index in [4.69, 9.17) is 0 Å². The van der Waals surface area contributed by atoms with Crippen LogP contribution in [0.25, 0.3) is 0 Å². The van der Waals surface area contributed by atoms with Crippen LogP contribution in [-0.4, -0.2) is 31.7 Å². The molecule has 0 saturated carbocycles. The van der Waals surface area contributed by atoms with E-state index in [2.05, 4.69) is 46.4 Å². The Hall–Kier alpha value is -1.70. The zero-order valence-electron chi connectivity index (χ0n) is 19.2. The second-order valence-electron chi connectivity index (χ2n) is 9.26. The van der Waals surface area contributed by atoms with Gasteiger partial charge >= 0.3 is 0 Å². The number of fused-ring (bicyclic) bond motifs is 1. The first-order valence-corrected chi connectivity index (χ1v) is 14.4.